The van der Waals surface area contributed by atoms with E-state index in [9.17, 15) is 9.59 Å². The van der Waals surface area contributed by atoms with Gasteiger partial charge in [-0.15, -0.1) is 11.3 Å². The second-order valence-corrected chi connectivity index (χ2v) is 9.49. The van der Waals surface area contributed by atoms with E-state index in [1.165, 1.54) is 11.3 Å². The molecule has 3 aliphatic rings. The Bertz CT molecular complexity index is 707. The number of carbonyl (C=O) groups is 2. The van der Waals surface area contributed by atoms with E-state index in [1.54, 1.807) is 0 Å². The Balaban J connectivity index is 1.30. The highest BCUT2D eigenvalue weighted by Gasteiger charge is 2.34. The van der Waals surface area contributed by atoms with Gasteiger partial charge in [-0.25, -0.2) is 4.98 Å². The Hall–Kier alpha value is -1.47. The van der Waals surface area contributed by atoms with Crippen molar-refractivity contribution < 1.29 is 9.59 Å². The van der Waals surface area contributed by atoms with Crippen LogP contribution in [-0.4, -0.2) is 64.9 Å². The van der Waals surface area contributed by atoms with Gasteiger partial charge in [0, 0.05) is 31.7 Å². The molecule has 148 valence electrons. The summed E-state index contributed by atoms with van der Waals surface area (Å²) in [5.74, 6) is 0.532. The number of hydrogen-bond donors (Lipinski definition) is 1. The lowest BCUT2D eigenvalue weighted by molar-refractivity contribution is -0.127. The molecule has 1 aromatic rings. The van der Waals surface area contributed by atoms with E-state index in [0.717, 1.165) is 80.3 Å². The van der Waals surface area contributed by atoms with Crippen LogP contribution in [0.5, 0.6) is 0 Å². The highest BCUT2D eigenvalue weighted by atomic mass is 32.1. The Morgan fingerprint density at radius 3 is 2.44 bits per heavy atom. The van der Waals surface area contributed by atoms with Crippen LogP contribution in [0.1, 0.15) is 58.9 Å². The molecule has 1 saturated carbocycles. The molecule has 6 nitrogen and oxygen atoms in total. The first-order chi connectivity index (χ1) is 13.0. The van der Waals surface area contributed by atoms with Gasteiger partial charge in [0.1, 0.15) is 4.88 Å². The smallest absolute Gasteiger partial charge is 0.265 e. The summed E-state index contributed by atoms with van der Waals surface area (Å²) in [4.78, 5) is 34.9. The molecule has 1 unspecified atom stereocenters. The molecule has 0 spiro atoms. The van der Waals surface area contributed by atoms with Crippen LogP contribution in [0.4, 0.5) is 0 Å². The molecule has 0 radical (unpaired) electrons. The molecule has 2 saturated heterocycles. The number of nitrogens with one attached hydrogen (secondary N) is 1. The van der Waals surface area contributed by atoms with E-state index < -0.39 is 0 Å². The average Bonchev–Trinajstić information content (AvgIpc) is 3.43. The van der Waals surface area contributed by atoms with E-state index in [1.807, 2.05) is 18.7 Å². The number of nitrogens with zero attached hydrogens (tertiary/aromatic N) is 3. The fourth-order valence-corrected chi connectivity index (χ4v) is 5.29. The zero-order chi connectivity index (χ0) is 19.0. The van der Waals surface area contributed by atoms with Crippen LogP contribution in [0.3, 0.4) is 0 Å². The minimum Gasteiger partial charge on any atom is -0.353 e. The standard InChI is InChI=1S/C20H30N4O2S/c1-13-18(27-14(2)21-13)20(26)23-10-7-17(8-11-23)24-9-3-4-15(12-24)19(25)22-16-5-6-16/h15-17H,3-12H2,1-2H3,(H,22,25). The summed E-state index contributed by atoms with van der Waals surface area (Å²) in [6, 6.07) is 0.941. The fraction of sp³-hybridized carbons (Fsp3) is 0.750. The number of aromatic nitrogens is 1. The van der Waals surface area contributed by atoms with Crippen molar-refractivity contribution in [2.45, 2.75) is 64.5 Å². The van der Waals surface area contributed by atoms with E-state index >= 15 is 0 Å². The number of rotatable bonds is 4. The third kappa shape index (κ3) is 4.35. The van der Waals surface area contributed by atoms with Gasteiger partial charge in [0.2, 0.25) is 5.91 Å². The highest BCUT2D eigenvalue weighted by molar-refractivity contribution is 7.13. The molecule has 1 aromatic heterocycles. The number of carbonyl (C=O) groups excluding carboxylic acids is 2. The Morgan fingerprint density at radius 1 is 1.07 bits per heavy atom. The molecule has 1 atom stereocenters. The predicted molar refractivity (Wildman–Crippen MR) is 106 cm³/mol. The summed E-state index contributed by atoms with van der Waals surface area (Å²) in [5, 5.41) is 4.12. The maximum atomic E-state index is 12.8. The molecule has 27 heavy (non-hydrogen) atoms. The van der Waals surface area contributed by atoms with Crippen LogP contribution in [0.15, 0.2) is 0 Å². The van der Waals surface area contributed by atoms with Crippen molar-refractivity contribution in [2.24, 2.45) is 5.92 Å². The summed E-state index contributed by atoms with van der Waals surface area (Å²) in [6.07, 6.45) is 6.40. The fourth-order valence-electron chi connectivity index (χ4n) is 4.41. The quantitative estimate of drug-likeness (QED) is 0.857. The molecule has 0 aromatic carbocycles. The normalized spacial score (nSPS) is 24.8. The Morgan fingerprint density at radius 2 is 1.81 bits per heavy atom. The van der Waals surface area contributed by atoms with Crippen LogP contribution < -0.4 is 5.32 Å². The van der Waals surface area contributed by atoms with Crippen LogP contribution in [0.2, 0.25) is 0 Å². The number of likely N-dealkylation sites (tertiary alicyclic amines) is 2. The van der Waals surface area contributed by atoms with Gasteiger partial charge in [-0.05, 0) is 58.9 Å². The molecule has 1 N–H and O–H groups in total. The third-order valence-electron chi connectivity index (χ3n) is 6.11. The maximum absolute atomic E-state index is 12.8. The first-order valence-electron chi connectivity index (χ1n) is 10.3. The van der Waals surface area contributed by atoms with Crippen molar-refractivity contribution in [2.75, 3.05) is 26.2 Å². The summed E-state index contributed by atoms with van der Waals surface area (Å²) in [5.41, 5.74) is 0.852. The zero-order valence-corrected chi connectivity index (χ0v) is 17.2. The molecule has 1 aliphatic carbocycles. The zero-order valence-electron chi connectivity index (χ0n) is 16.4. The van der Waals surface area contributed by atoms with Gasteiger partial charge < -0.3 is 10.2 Å². The van der Waals surface area contributed by atoms with Crippen molar-refractivity contribution in [1.29, 1.82) is 0 Å². The molecule has 3 fully saturated rings. The molecule has 2 amide bonds. The van der Waals surface area contributed by atoms with Crippen LogP contribution >= 0.6 is 11.3 Å². The molecule has 2 aliphatic heterocycles. The Kier molecular flexibility index (Phi) is 5.50. The number of piperidine rings is 2. The van der Waals surface area contributed by atoms with Crippen LogP contribution in [-0.2, 0) is 4.79 Å². The van der Waals surface area contributed by atoms with Gasteiger partial charge in [0.05, 0.1) is 16.6 Å². The van der Waals surface area contributed by atoms with Gasteiger partial charge in [-0.1, -0.05) is 0 Å². The molecule has 4 rings (SSSR count). The van der Waals surface area contributed by atoms with Crippen LogP contribution in [0.25, 0.3) is 0 Å². The van der Waals surface area contributed by atoms with Crippen molar-refractivity contribution >= 4 is 23.2 Å². The second kappa shape index (κ2) is 7.87. The number of hydrogen-bond acceptors (Lipinski definition) is 5. The predicted octanol–water partition coefficient (Wildman–Crippen LogP) is 2.36. The van der Waals surface area contributed by atoms with Crippen LogP contribution in [0, 0.1) is 19.8 Å². The summed E-state index contributed by atoms with van der Waals surface area (Å²) in [6.45, 7) is 7.44. The Labute approximate surface area is 165 Å². The summed E-state index contributed by atoms with van der Waals surface area (Å²) in [7, 11) is 0. The molecule has 3 heterocycles. The van der Waals surface area contributed by atoms with Gasteiger partial charge in [-0.3, -0.25) is 14.5 Å². The van der Waals surface area contributed by atoms with Crippen molar-refractivity contribution in [3.05, 3.63) is 15.6 Å². The largest absolute Gasteiger partial charge is 0.353 e. The lowest BCUT2D eigenvalue weighted by Crippen LogP contribution is -2.51. The number of amides is 2. The lowest BCUT2D eigenvalue weighted by atomic mass is 9.93. The van der Waals surface area contributed by atoms with Gasteiger partial charge >= 0.3 is 0 Å². The third-order valence-corrected chi connectivity index (χ3v) is 7.17. The van der Waals surface area contributed by atoms with E-state index in [-0.39, 0.29) is 17.7 Å². The van der Waals surface area contributed by atoms with Crippen molar-refractivity contribution in [1.82, 2.24) is 20.1 Å². The molecule has 7 heteroatoms. The maximum Gasteiger partial charge on any atom is 0.265 e. The SMILES string of the molecule is Cc1nc(C)c(C(=O)N2CCC(N3CCCC(C(=O)NC4CC4)C3)CC2)s1. The topological polar surface area (TPSA) is 65.5 Å². The molecular weight excluding hydrogens is 360 g/mol. The second-order valence-electron chi connectivity index (χ2n) is 8.29. The molecule has 0 bridgehead atoms. The van der Waals surface area contributed by atoms with Gasteiger partial charge in [0.25, 0.3) is 5.91 Å². The van der Waals surface area contributed by atoms with Crippen molar-refractivity contribution in [3.63, 3.8) is 0 Å². The van der Waals surface area contributed by atoms with E-state index in [0.29, 0.717) is 12.1 Å². The first kappa shape index (κ1) is 18.9. The van der Waals surface area contributed by atoms with Crippen molar-refractivity contribution in [3.8, 4) is 0 Å². The summed E-state index contributed by atoms with van der Waals surface area (Å²) >= 11 is 1.50. The number of thiazole rings is 1. The molecular formula is C20H30N4O2S. The van der Waals surface area contributed by atoms with Gasteiger partial charge in [-0.2, -0.15) is 0 Å². The van der Waals surface area contributed by atoms with E-state index in [2.05, 4.69) is 15.2 Å². The lowest BCUT2D eigenvalue weighted by Gasteiger charge is -2.42. The minimum absolute atomic E-state index is 0.136. The number of aryl methyl sites for hydroxylation is 2. The van der Waals surface area contributed by atoms with E-state index in [4.69, 9.17) is 0 Å². The highest BCUT2D eigenvalue weighted by Crippen LogP contribution is 2.27. The monoisotopic (exact) mass is 390 g/mol. The average molecular weight is 391 g/mol. The van der Waals surface area contributed by atoms with Gasteiger partial charge in [0.15, 0.2) is 0 Å². The first-order valence-corrected chi connectivity index (χ1v) is 11.1. The minimum atomic E-state index is 0.136. The summed E-state index contributed by atoms with van der Waals surface area (Å²) < 4.78 is 0.